The van der Waals surface area contributed by atoms with E-state index in [1.165, 1.54) is 12.8 Å². The lowest BCUT2D eigenvalue weighted by atomic mass is 10.1. The highest BCUT2D eigenvalue weighted by Gasteiger charge is 2.20. The van der Waals surface area contributed by atoms with Gasteiger partial charge in [-0.15, -0.1) is 0 Å². The first kappa shape index (κ1) is 31.1. The number of methoxy groups -OCH3 is 1. The number of ether oxygens (including phenoxy) is 2. The summed E-state index contributed by atoms with van der Waals surface area (Å²) in [6.07, 6.45) is 8.68. The van der Waals surface area contributed by atoms with Crippen molar-refractivity contribution >= 4 is 23.8 Å². The van der Waals surface area contributed by atoms with Gasteiger partial charge < -0.3 is 24.2 Å². The largest absolute Gasteiger partial charge is 0.497 e. The summed E-state index contributed by atoms with van der Waals surface area (Å²) in [4.78, 5) is 27.9. The molecule has 38 heavy (non-hydrogen) atoms. The van der Waals surface area contributed by atoms with E-state index in [-0.39, 0.29) is 6.09 Å². The summed E-state index contributed by atoms with van der Waals surface area (Å²) in [6.45, 7) is 8.76. The van der Waals surface area contributed by atoms with Crippen LogP contribution < -0.4 is 9.64 Å². The number of anilines is 1. The van der Waals surface area contributed by atoms with Gasteiger partial charge in [-0.25, -0.2) is 14.8 Å². The maximum atomic E-state index is 12.4. The molecule has 0 aliphatic rings. The number of hydrogen-bond donors (Lipinski definition) is 0. The number of pyridine rings is 1. The number of carbonyl (C=O) groups excluding carboxylic acids is 1. The molecule has 210 valence electrons. The predicted octanol–water partition coefficient (Wildman–Crippen LogP) is 6.18. The summed E-state index contributed by atoms with van der Waals surface area (Å²) in [5.41, 5.74) is 1.62. The normalized spacial score (nSPS) is 11.7. The zero-order chi connectivity index (χ0) is 28.0. The van der Waals surface area contributed by atoms with Gasteiger partial charge in [0.2, 0.25) is 0 Å². The molecule has 0 N–H and O–H groups in total. The van der Waals surface area contributed by atoms with Crippen molar-refractivity contribution in [3.63, 3.8) is 0 Å². The van der Waals surface area contributed by atoms with Gasteiger partial charge in [0.05, 0.1) is 12.8 Å². The number of benzene rings is 1. The van der Waals surface area contributed by atoms with E-state index < -0.39 is 5.60 Å². The molecule has 1 amide bonds. The Hall–Kier alpha value is -3.13. The molecule has 2 aromatic rings. The van der Waals surface area contributed by atoms with E-state index >= 15 is 0 Å². The molecule has 0 bridgehead atoms. The Balaban J connectivity index is 2.10. The molecule has 1 aromatic carbocycles. The molecule has 0 unspecified atom stereocenters. The summed E-state index contributed by atoms with van der Waals surface area (Å²) in [5.74, 6) is 1.55. The molecule has 1 aromatic heterocycles. The number of unbranched alkanes of at least 4 members (excludes halogenated alkanes) is 3. The summed E-state index contributed by atoms with van der Waals surface area (Å²) in [6, 6.07) is 12.1. The number of rotatable bonds is 15. The first-order chi connectivity index (χ1) is 18.1. The predicted molar refractivity (Wildman–Crippen MR) is 157 cm³/mol. The SMILES string of the molecule is COc1ccc(CN(CCCN(C)C(=O)OC(C)(C)C)c2cccnc2N=CCCCCCN(C)C)cc1. The molecular formula is C30H47N5O3. The number of aromatic nitrogens is 1. The molecule has 0 aliphatic heterocycles. The number of nitrogens with zero attached hydrogens (tertiary/aromatic N) is 5. The Kier molecular flexibility index (Phi) is 13.1. The van der Waals surface area contributed by atoms with Crippen molar-refractivity contribution in [2.24, 2.45) is 4.99 Å². The van der Waals surface area contributed by atoms with Gasteiger partial charge in [-0.05, 0) is 96.9 Å². The van der Waals surface area contributed by atoms with Crippen molar-refractivity contribution in [1.29, 1.82) is 0 Å². The summed E-state index contributed by atoms with van der Waals surface area (Å²) < 4.78 is 10.8. The first-order valence-electron chi connectivity index (χ1n) is 13.5. The third-order valence-electron chi connectivity index (χ3n) is 5.92. The van der Waals surface area contributed by atoms with E-state index in [0.29, 0.717) is 13.1 Å². The second kappa shape index (κ2) is 16.0. The molecule has 0 aliphatic carbocycles. The second-order valence-corrected chi connectivity index (χ2v) is 10.8. The van der Waals surface area contributed by atoms with Crippen LogP contribution >= 0.6 is 0 Å². The van der Waals surface area contributed by atoms with Gasteiger partial charge in [0.25, 0.3) is 0 Å². The molecule has 0 radical (unpaired) electrons. The lowest BCUT2D eigenvalue weighted by Gasteiger charge is -2.28. The number of hydrogen-bond acceptors (Lipinski definition) is 7. The second-order valence-electron chi connectivity index (χ2n) is 10.8. The van der Waals surface area contributed by atoms with Crippen LogP contribution in [0.2, 0.25) is 0 Å². The Morgan fingerprint density at radius 2 is 1.71 bits per heavy atom. The zero-order valence-electron chi connectivity index (χ0n) is 24.4. The van der Waals surface area contributed by atoms with E-state index in [1.807, 2.05) is 45.2 Å². The fourth-order valence-electron chi connectivity index (χ4n) is 3.89. The van der Waals surface area contributed by atoms with Crippen LogP contribution in [0.3, 0.4) is 0 Å². The van der Waals surface area contributed by atoms with Gasteiger partial charge in [-0.2, -0.15) is 0 Å². The molecule has 0 spiro atoms. The molecule has 0 fully saturated rings. The van der Waals surface area contributed by atoms with E-state index in [4.69, 9.17) is 14.5 Å². The van der Waals surface area contributed by atoms with Crippen molar-refractivity contribution in [3.05, 3.63) is 48.2 Å². The van der Waals surface area contributed by atoms with Crippen LogP contribution in [0.4, 0.5) is 16.3 Å². The summed E-state index contributed by atoms with van der Waals surface area (Å²) in [5, 5.41) is 0. The Morgan fingerprint density at radius 3 is 2.37 bits per heavy atom. The fraction of sp³-hybridized carbons (Fsp3) is 0.567. The third-order valence-corrected chi connectivity index (χ3v) is 5.92. The topological polar surface area (TPSA) is 70.5 Å². The Bertz CT molecular complexity index is 986. The molecule has 2 rings (SSSR count). The highest BCUT2D eigenvalue weighted by atomic mass is 16.6. The van der Waals surface area contributed by atoms with Crippen LogP contribution in [0.1, 0.15) is 58.4 Å². The Morgan fingerprint density at radius 1 is 0.974 bits per heavy atom. The number of amides is 1. The van der Waals surface area contributed by atoms with Crippen molar-refractivity contribution < 1.29 is 14.3 Å². The maximum Gasteiger partial charge on any atom is 0.410 e. The van der Waals surface area contributed by atoms with Gasteiger partial charge in [0.1, 0.15) is 11.4 Å². The Labute approximate surface area is 229 Å². The van der Waals surface area contributed by atoms with E-state index in [9.17, 15) is 4.79 Å². The van der Waals surface area contributed by atoms with E-state index in [0.717, 1.165) is 55.2 Å². The minimum Gasteiger partial charge on any atom is -0.497 e. The first-order valence-corrected chi connectivity index (χ1v) is 13.5. The standard InChI is InChI=1S/C30H47N5O3/c1-30(2,3)38-29(36)34(6)22-13-23-35(24-25-15-17-26(37-7)18-16-25)27-14-12-20-32-28(27)31-19-10-8-9-11-21-33(4)5/h12,14-20H,8-11,13,21-24H2,1-7H3. The van der Waals surface area contributed by atoms with Gasteiger partial charge in [0.15, 0.2) is 5.82 Å². The van der Waals surface area contributed by atoms with Crippen LogP contribution in [0.25, 0.3) is 0 Å². The molecule has 8 nitrogen and oxygen atoms in total. The zero-order valence-corrected chi connectivity index (χ0v) is 24.4. The number of aliphatic imine (C=N–C) groups is 1. The smallest absolute Gasteiger partial charge is 0.410 e. The van der Waals surface area contributed by atoms with Crippen LogP contribution in [0, 0.1) is 0 Å². The average molecular weight is 526 g/mol. The maximum absolute atomic E-state index is 12.4. The summed E-state index contributed by atoms with van der Waals surface area (Å²) >= 11 is 0. The molecular weight excluding hydrogens is 478 g/mol. The van der Waals surface area contributed by atoms with Crippen molar-refractivity contribution in [3.8, 4) is 5.75 Å². The van der Waals surface area contributed by atoms with Gasteiger partial charge in [-0.1, -0.05) is 18.6 Å². The van der Waals surface area contributed by atoms with Gasteiger partial charge in [0, 0.05) is 39.1 Å². The minimum absolute atomic E-state index is 0.309. The fourth-order valence-corrected chi connectivity index (χ4v) is 3.89. The summed E-state index contributed by atoms with van der Waals surface area (Å²) in [7, 11) is 7.67. The quantitative estimate of drug-likeness (QED) is 0.204. The van der Waals surface area contributed by atoms with Gasteiger partial charge in [-0.3, -0.25) is 0 Å². The third kappa shape index (κ3) is 11.9. The lowest BCUT2D eigenvalue weighted by molar-refractivity contribution is 0.0298. The molecule has 1 heterocycles. The van der Waals surface area contributed by atoms with Crippen LogP contribution in [-0.2, 0) is 11.3 Å². The van der Waals surface area contributed by atoms with E-state index in [2.05, 4.69) is 47.1 Å². The molecule has 0 saturated carbocycles. The lowest BCUT2D eigenvalue weighted by Crippen LogP contribution is -2.36. The average Bonchev–Trinajstić information content (AvgIpc) is 2.87. The molecule has 8 heteroatoms. The monoisotopic (exact) mass is 525 g/mol. The highest BCUT2D eigenvalue weighted by Crippen LogP contribution is 2.28. The van der Waals surface area contributed by atoms with Crippen molar-refractivity contribution in [2.75, 3.05) is 52.8 Å². The van der Waals surface area contributed by atoms with Crippen LogP contribution in [0.5, 0.6) is 5.75 Å². The van der Waals surface area contributed by atoms with Crippen LogP contribution in [0.15, 0.2) is 47.6 Å². The van der Waals surface area contributed by atoms with Crippen LogP contribution in [-0.4, -0.2) is 80.6 Å². The minimum atomic E-state index is -0.513. The molecule has 0 atom stereocenters. The van der Waals surface area contributed by atoms with E-state index in [1.54, 1.807) is 25.3 Å². The van der Waals surface area contributed by atoms with Crippen molar-refractivity contribution in [2.45, 2.75) is 65.0 Å². The highest BCUT2D eigenvalue weighted by molar-refractivity contribution is 5.70. The van der Waals surface area contributed by atoms with Gasteiger partial charge >= 0.3 is 6.09 Å². The van der Waals surface area contributed by atoms with Crippen molar-refractivity contribution in [1.82, 2.24) is 14.8 Å². The number of carbonyl (C=O) groups is 1. The molecule has 0 saturated heterocycles.